The highest BCUT2D eigenvalue weighted by Crippen LogP contribution is 2.25. The third-order valence-electron chi connectivity index (χ3n) is 4.90. The molecule has 29 heavy (non-hydrogen) atoms. The summed E-state index contributed by atoms with van der Waals surface area (Å²) in [6, 6.07) is 28.7. The van der Waals surface area contributed by atoms with Gasteiger partial charge in [0, 0.05) is 30.9 Å². The fraction of sp³-hybridized carbons (Fsp3) is 0.231. The second kappa shape index (κ2) is 11.1. The lowest BCUT2D eigenvalue weighted by Crippen LogP contribution is -2.17. The monoisotopic (exact) mass is 386 g/mol. The van der Waals surface area contributed by atoms with Crippen molar-refractivity contribution in [3.8, 4) is 0 Å². The van der Waals surface area contributed by atoms with Gasteiger partial charge in [-0.2, -0.15) is 0 Å². The number of Topliss-reactive ketones (excluding diaryl/α,β-unsaturated/α-hetero) is 2. The van der Waals surface area contributed by atoms with Crippen LogP contribution in [0.2, 0.25) is 0 Å². The average molecular weight is 386 g/mol. The van der Waals surface area contributed by atoms with Crippen molar-refractivity contribution < 1.29 is 14.3 Å². The van der Waals surface area contributed by atoms with Crippen LogP contribution in [0.15, 0.2) is 91.0 Å². The standard InChI is InChI=1S/C26H26O3/c27-25(17-10-18-29-20-21-11-4-1-5-12-21)24(22-13-6-2-7-14-22)19-26(28)23-15-8-3-9-16-23/h1-9,11-16,24H,10,17-20H2. The summed E-state index contributed by atoms with van der Waals surface area (Å²) < 4.78 is 5.69. The molecule has 0 heterocycles. The molecule has 0 aliphatic rings. The van der Waals surface area contributed by atoms with Crippen LogP contribution in [0.4, 0.5) is 0 Å². The molecule has 3 rings (SSSR count). The minimum atomic E-state index is -0.418. The van der Waals surface area contributed by atoms with E-state index in [0.29, 0.717) is 31.6 Å². The first-order chi connectivity index (χ1) is 14.2. The Balaban J connectivity index is 1.55. The highest BCUT2D eigenvalue weighted by Gasteiger charge is 2.23. The first-order valence-electron chi connectivity index (χ1n) is 10.0. The van der Waals surface area contributed by atoms with E-state index in [9.17, 15) is 9.59 Å². The fourth-order valence-electron chi connectivity index (χ4n) is 3.32. The summed E-state index contributed by atoms with van der Waals surface area (Å²) in [4.78, 5) is 25.6. The Morgan fingerprint density at radius 3 is 2.00 bits per heavy atom. The molecule has 0 N–H and O–H groups in total. The van der Waals surface area contributed by atoms with E-state index in [1.165, 1.54) is 0 Å². The van der Waals surface area contributed by atoms with Crippen molar-refractivity contribution >= 4 is 11.6 Å². The molecule has 0 saturated heterocycles. The highest BCUT2D eigenvalue weighted by molar-refractivity contribution is 6.00. The maximum absolute atomic E-state index is 12.9. The van der Waals surface area contributed by atoms with Crippen molar-refractivity contribution in [1.82, 2.24) is 0 Å². The van der Waals surface area contributed by atoms with Gasteiger partial charge in [0.1, 0.15) is 5.78 Å². The molecule has 148 valence electrons. The van der Waals surface area contributed by atoms with Crippen LogP contribution in [0, 0.1) is 0 Å². The van der Waals surface area contributed by atoms with Crippen molar-refractivity contribution in [3.63, 3.8) is 0 Å². The fourth-order valence-corrected chi connectivity index (χ4v) is 3.32. The normalized spacial score (nSPS) is 11.7. The molecule has 0 saturated carbocycles. The van der Waals surface area contributed by atoms with E-state index in [-0.39, 0.29) is 18.0 Å². The predicted molar refractivity (Wildman–Crippen MR) is 115 cm³/mol. The van der Waals surface area contributed by atoms with Gasteiger partial charge in [-0.05, 0) is 17.5 Å². The van der Waals surface area contributed by atoms with E-state index in [1.807, 2.05) is 78.9 Å². The van der Waals surface area contributed by atoms with Crippen molar-refractivity contribution in [2.75, 3.05) is 6.61 Å². The van der Waals surface area contributed by atoms with Gasteiger partial charge in [0.05, 0.1) is 6.61 Å². The Morgan fingerprint density at radius 1 is 0.759 bits per heavy atom. The molecule has 3 nitrogen and oxygen atoms in total. The van der Waals surface area contributed by atoms with Crippen LogP contribution in [0.25, 0.3) is 0 Å². The molecular weight excluding hydrogens is 360 g/mol. The zero-order chi connectivity index (χ0) is 20.3. The highest BCUT2D eigenvalue weighted by atomic mass is 16.5. The topological polar surface area (TPSA) is 43.4 Å². The van der Waals surface area contributed by atoms with Crippen LogP contribution in [-0.2, 0) is 16.1 Å². The van der Waals surface area contributed by atoms with Gasteiger partial charge in [0.15, 0.2) is 5.78 Å². The number of rotatable bonds is 11. The van der Waals surface area contributed by atoms with Gasteiger partial charge in [-0.1, -0.05) is 91.0 Å². The molecule has 0 aromatic heterocycles. The molecule has 0 aliphatic carbocycles. The summed E-state index contributed by atoms with van der Waals surface area (Å²) in [7, 11) is 0. The Bertz CT molecular complexity index is 889. The second-order valence-electron chi connectivity index (χ2n) is 7.06. The molecule has 0 bridgehead atoms. The van der Waals surface area contributed by atoms with Crippen LogP contribution in [0.1, 0.15) is 46.7 Å². The minimum Gasteiger partial charge on any atom is -0.377 e. The summed E-state index contributed by atoms with van der Waals surface area (Å²) >= 11 is 0. The Hall–Kier alpha value is -3.04. The lowest BCUT2D eigenvalue weighted by Gasteiger charge is -2.16. The van der Waals surface area contributed by atoms with Gasteiger partial charge in [-0.15, -0.1) is 0 Å². The van der Waals surface area contributed by atoms with Crippen LogP contribution in [-0.4, -0.2) is 18.2 Å². The number of hydrogen-bond acceptors (Lipinski definition) is 3. The molecule has 0 spiro atoms. The van der Waals surface area contributed by atoms with Gasteiger partial charge < -0.3 is 4.74 Å². The minimum absolute atomic E-state index is 0.00636. The van der Waals surface area contributed by atoms with Crippen molar-refractivity contribution in [1.29, 1.82) is 0 Å². The molecule has 0 aliphatic heterocycles. The van der Waals surface area contributed by atoms with Gasteiger partial charge in [0.25, 0.3) is 0 Å². The van der Waals surface area contributed by atoms with E-state index in [4.69, 9.17) is 4.74 Å². The Kier molecular flexibility index (Phi) is 7.90. The molecule has 3 aromatic carbocycles. The molecule has 0 amide bonds. The van der Waals surface area contributed by atoms with Gasteiger partial charge >= 0.3 is 0 Å². The smallest absolute Gasteiger partial charge is 0.163 e. The Morgan fingerprint density at radius 2 is 1.34 bits per heavy atom. The Labute approximate surface area is 172 Å². The molecule has 1 unspecified atom stereocenters. The molecule has 3 aromatic rings. The predicted octanol–water partition coefficient (Wildman–Crippen LogP) is 5.61. The quantitative estimate of drug-likeness (QED) is 0.318. The molecular formula is C26H26O3. The first kappa shape index (κ1) is 20.7. The number of ketones is 2. The van der Waals surface area contributed by atoms with Crippen molar-refractivity contribution in [2.45, 2.75) is 31.8 Å². The van der Waals surface area contributed by atoms with Crippen LogP contribution in [0.5, 0.6) is 0 Å². The summed E-state index contributed by atoms with van der Waals surface area (Å²) in [5.74, 6) is -0.338. The lowest BCUT2D eigenvalue weighted by molar-refractivity contribution is -0.120. The number of carbonyl (C=O) groups is 2. The summed E-state index contributed by atoms with van der Waals surface area (Å²) in [5.41, 5.74) is 2.66. The number of benzene rings is 3. The molecule has 1 atom stereocenters. The van der Waals surface area contributed by atoms with E-state index < -0.39 is 5.92 Å². The largest absolute Gasteiger partial charge is 0.377 e. The number of carbonyl (C=O) groups excluding carboxylic acids is 2. The van der Waals surface area contributed by atoms with Crippen molar-refractivity contribution in [3.05, 3.63) is 108 Å². The maximum Gasteiger partial charge on any atom is 0.163 e. The second-order valence-corrected chi connectivity index (χ2v) is 7.06. The third kappa shape index (κ3) is 6.51. The van der Waals surface area contributed by atoms with Crippen LogP contribution >= 0.6 is 0 Å². The van der Waals surface area contributed by atoms with Crippen LogP contribution in [0.3, 0.4) is 0 Å². The van der Waals surface area contributed by atoms with Gasteiger partial charge in [-0.25, -0.2) is 0 Å². The lowest BCUT2D eigenvalue weighted by atomic mass is 9.86. The summed E-state index contributed by atoms with van der Waals surface area (Å²) in [5, 5.41) is 0. The summed E-state index contributed by atoms with van der Waals surface area (Å²) in [6.07, 6.45) is 1.24. The van der Waals surface area contributed by atoms with Crippen LogP contribution < -0.4 is 0 Å². The molecule has 0 radical (unpaired) electrons. The molecule has 0 fully saturated rings. The van der Waals surface area contributed by atoms with Crippen molar-refractivity contribution in [2.24, 2.45) is 0 Å². The van der Waals surface area contributed by atoms with E-state index >= 15 is 0 Å². The SMILES string of the molecule is O=C(CC(C(=O)CCCOCc1ccccc1)c1ccccc1)c1ccccc1. The number of ether oxygens (including phenoxy) is 1. The maximum atomic E-state index is 12.9. The van der Waals surface area contributed by atoms with E-state index in [1.54, 1.807) is 12.1 Å². The van der Waals surface area contributed by atoms with Gasteiger partial charge in [0.2, 0.25) is 0 Å². The zero-order valence-electron chi connectivity index (χ0n) is 16.5. The van der Waals surface area contributed by atoms with E-state index in [2.05, 4.69) is 0 Å². The first-order valence-corrected chi connectivity index (χ1v) is 10.0. The third-order valence-corrected chi connectivity index (χ3v) is 4.90. The average Bonchev–Trinajstić information content (AvgIpc) is 2.79. The van der Waals surface area contributed by atoms with Gasteiger partial charge in [-0.3, -0.25) is 9.59 Å². The zero-order valence-corrected chi connectivity index (χ0v) is 16.5. The van der Waals surface area contributed by atoms with E-state index in [0.717, 1.165) is 11.1 Å². The molecule has 3 heteroatoms. The number of hydrogen-bond donors (Lipinski definition) is 0. The summed E-state index contributed by atoms with van der Waals surface area (Å²) in [6.45, 7) is 1.07.